The van der Waals surface area contributed by atoms with Crippen LogP contribution in [-0.4, -0.2) is 6.29 Å². The number of aldehydes is 1. The molecule has 0 saturated heterocycles. The molecule has 12 heavy (non-hydrogen) atoms. The molecule has 0 N–H and O–H groups in total. The van der Waals surface area contributed by atoms with Crippen molar-refractivity contribution in [3.05, 3.63) is 0 Å². The maximum Gasteiger partial charge on any atom is 0.125 e. The smallest absolute Gasteiger partial charge is 0.125 e. The Morgan fingerprint density at radius 2 is 1.50 bits per heavy atom. The second kappa shape index (κ2) is 4.06. The highest BCUT2D eigenvalue weighted by Crippen LogP contribution is 2.26. The van der Waals surface area contributed by atoms with Gasteiger partial charge in [-0.15, -0.1) is 0 Å². The van der Waals surface area contributed by atoms with Gasteiger partial charge >= 0.3 is 0 Å². The highest BCUT2D eigenvalue weighted by atomic mass is 16.1. The maximum atomic E-state index is 10.6. The first-order valence-corrected chi connectivity index (χ1v) is 4.73. The van der Waals surface area contributed by atoms with Crippen molar-refractivity contribution in [2.75, 3.05) is 0 Å². The fraction of sp³-hybridized carbons (Fsp3) is 0.909. The number of hydrogen-bond acceptors (Lipinski definition) is 1. The van der Waals surface area contributed by atoms with Crippen molar-refractivity contribution in [2.45, 2.75) is 53.9 Å². The highest BCUT2D eigenvalue weighted by Gasteiger charge is 2.17. The van der Waals surface area contributed by atoms with Crippen LogP contribution in [0.4, 0.5) is 0 Å². The first-order chi connectivity index (χ1) is 5.27. The van der Waals surface area contributed by atoms with E-state index < -0.39 is 0 Å². The molecule has 0 saturated carbocycles. The van der Waals surface area contributed by atoms with Crippen molar-refractivity contribution in [3.63, 3.8) is 0 Å². The summed E-state index contributed by atoms with van der Waals surface area (Å²) in [5, 5.41) is 0. The van der Waals surface area contributed by atoms with Gasteiger partial charge in [-0.3, -0.25) is 0 Å². The Hall–Kier alpha value is -0.330. The standard InChI is InChI=1S/C11H22O/c1-10(2,3)7-6-8-11(4,5)9-12/h9H,6-8H2,1-5H3. The van der Waals surface area contributed by atoms with E-state index in [-0.39, 0.29) is 5.41 Å². The summed E-state index contributed by atoms with van der Waals surface area (Å²) < 4.78 is 0. The van der Waals surface area contributed by atoms with Crippen LogP contribution in [0.2, 0.25) is 0 Å². The predicted molar refractivity (Wildman–Crippen MR) is 53.2 cm³/mol. The van der Waals surface area contributed by atoms with E-state index in [0.29, 0.717) is 5.41 Å². The van der Waals surface area contributed by atoms with E-state index in [4.69, 9.17) is 0 Å². The minimum absolute atomic E-state index is 0.120. The Morgan fingerprint density at radius 1 is 1.00 bits per heavy atom. The summed E-state index contributed by atoms with van der Waals surface area (Å²) in [5.41, 5.74) is 0.282. The summed E-state index contributed by atoms with van der Waals surface area (Å²) in [5.74, 6) is 0. The summed E-state index contributed by atoms with van der Waals surface area (Å²) in [6.07, 6.45) is 4.42. The van der Waals surface area contributed by atoms with Gasteiger partial charge in [0, 0.05) is 5.41 Å². The molecular formula is C11H22O. The van der Waals surface area contributed by atoms with Crippen molar-refractivity contribution in [1.29, 1.82) is 0 Å². The van der Waals surface area contributed by atoms with E-state index in [1.54, 1.807) is 0 Å². The van der Waals surface area contributed by atoms with Crippen LogP contribution < -0.4 is 0 Å². The molecule has 0 amide bonds. The van der Waals surface area contributed by atoms with E-state index in [2.05, 4.69) is 20.8 Å². The first kappa shape index (κ1) is 11.7. The zero-order chi connectivity index (χ0) is 9.83. The zero-order valence-corrected chi connectivity index (χ0v) is 9.11. The second-order valence-corrected chi connectivity index (χ2v) is 5.52. The van der Waals surface area contributed by atoms with Crippen LogP contribution in [0.5, 0.6) is 0 Å². The van der Waals surface area contributed by atoms with Crippen LogP contribution in [-0.2, 0) is 4.79 Å². The zero-order valence-electron chi connectivity index (χ0n) is 9.11. The van der Waals surface area contributed by atoms with Crippen molar-refractivity contribution >= 4 is 6.29 Å². The fourth-order valence-electron chi connectivity index (χ4n) is 1.13. The molecule has 0 unspecified atom stereocenters. The number of carbonyl (C=O) groups excluding carboxylic acids is 1. The lowest BCUT2D eigenvalue weighted by molar-refractivity contribution is -0.115. The molecule has 0 rings (SSSR count). The van der Waals surface area contributed by atoms with E-state index >= 15 is 0 Å². The Bertz CT molecular complexity index is 140. The summed E-state index contributed by atoms with van der Waals surface area (Å²) >= 11 is 0. The van der Waals surface area contributed by atoms with Gasteiger partial charge in [0.1, 0.15) is 6.29 Å². The minimum Gasteiger partial charge on any atom is -0.303 e. The molecule has 0 fully saturated rings. The molecular weight excluding hydrogens is 148 g/mol. The molecule has 0 aliphatic carbocycles. The van der Waals surface area contributed by atoms with Gasteiger partial charge in [0.25, 0.3) is 0 Å². The highest BCUT2D eigenvalue weighted by molar-refractivity contribution is 5.57. The molecule has 0 spiro atoms. The minimum atomic E-state index is -0.120. The molecule has 0 aliphatic heterocycles. The first-order valence-electron chi connectivity index (χ1n) is 4.73. The number of carbonyl (C=O) groups is 1. The Balaban J connectivity index is 3.64. The average molecular weight is 170 g/mol. The quantitative estimate of drug-likeness (QED) is 0.591. The van der Waals surface area contributed by atoms with Gasteiger partial charge in [-0.05, 0) is 18.3 Å². The molecule has 0 radical (unpaired) electrons. The Morgan fingerprint density at radius 3 is 1.83 bits per heavy atom. The van der Waals surface area contributed by atoms with Gasteiger partial charge in [-0.25, -0.2) is 0 Å². The second-order valence-electron chi connectivity index (χ2n) is 5.52. The third-order valence-corrected chi connectivity index (χ3v) is 2.07. The van der Waals surface area contributed by atoms with Gasteiger partial charge in [0.05, 0.1) is 0 Å². The van der Waals surface area contributed by atoms with Crippen molar-refractivity contribution in [3.8, 4) is 0 Å². The normalized spacial score (nSPS) is 13.1. The third kappa shape index (κ3) is 6.38. The van der Waals surface area contributed by atoms with Gasteiger partial charge in [0.2, 0.25) is 0 Å². The monoisotopic (exact) mass is 170 g/mol. The van der Waals surface area contributed by atoms with Crippen LogP contribution >= 0.6 is 0 Å². The van der Waals surface area contributed by atoms with Gasteiger partial charge < -0.3 is 4.79 Å². The SMILES string of the molecule is CC(C)(C)CCCC(C)(C)C=O. The molecule has 0 heterocycles. The molecule has 1 heteroatoms. The molecule has 0 atom stereocenters. The van der Waals surface area contributed by atoms with Crippen LogP contribution in [0, 0.1) is 10.8 Å². The molecule has 0 aliphatic rings. The van der Waals surface area contributed by atoms with Crippen molar-refractivity contribution in [1.82, 2.24) is 0 Å². The summed E-state index contributed by atoms with van der Waals surface area (Å²) in [4.78, 5) is 10.6. The molecule has 0 aromatic rings. The van der Waals surface area contributed by atoms with E-state index in [1.807, 2.05) is 13.8 Å². The number of hydrogen-bond donors (Lipinski definition) is 0. The summed E-state index contributed by atoms with van der Waals surface area (Å²) in [7, 11) is 0. The lowest BCUT2D eigenvalue weighted by atomic mass is 9.83. The summed E-state index contributed by atoms with van der Waals surface area (Å²) in [6.45, 7) is 10.7. The van der Waals surface area contributed by atoms with E-state index in [9.17, 15) is 4.79 Å². The van der Waals surface area contributed by atoms with Crippen molar-refractivity contribution in [2.24, 2.45) is 10.8 Å². The molecule has 72 valence electrons. The largest absolute Gasteiger partial charge is 0.303 e. The molecule has 0 aromatic heterocycles. The predicted octanol–water partition coefficient (Wildman–Crippen LogP) is 3.43. The van der Waals surface area contributed by atoms with Gasteiger partial charge in [-0.2, -0.15) is 0 Å². The average Bonchev–Trinajstić information content (AvgIpc) is 1.84. The van der Waals surface area contributed by atoms with E-state index in [0.717, 1.165) is 19.1 Å². The number of rotatable bonds is 4. The van der Waals surface area contributed by atoms with Gasteiger partial charge in [-0.1, -0.05) is 41.0 Å². The summed E-state index contributed by atoms with van der Waals surface area (Å²) in [6, 6.07) is 0. The lowest BCUT2D eigenvalue weighted by Gasteiger charge is -2.21. The molecule has 1 nitrogen and oxygen atoms in total. The maximum absolute atomic E-state index is 10.6. The fourth-order valence-corrected chi connectivity index (χ4v) is 1.13. The van der Waals surface area contributed by atoms with Crippen molar-refractivity contribution < 1.29 is 4.79 Å². The van der Waals surface area contributed by atoms with E-state index in [1.165, 1.54) is 6.42 Å². The molecule has 0 bridgehead atoms. The van der Waals surface area contributed by atoms with Crippen LogP contribution in [0.25, 0.3) is 0 Å². The van der Waals surface area contributed by atoms with Gasteiger partial charge in [0.15, 0.2) is 0 Å². The lowest BCUT2D eigenvalue weighted by Crippen LogP contribution is -2.14. The molecule has 0 aromatic carbocycles. The Labute approximate surface area is 76.6 Å². The third-order valence-electron chi connectivity index (χ3n) is 2.07. The van der Waals surface area contributed by atoms with Crippen LogP contribution in [0.15, 0.2) is 0 Å². The topological polar surface area (TPSA) is 17.1 Å². The Kier molecular flexibility index (Phi) is 3.95. The van der Waals surface area contributed by atoms with Crippen LogP contribution in [0.3, 0.4) is 0 Å². The van der Waals surface area contributed by atoms with Crippen LogP contribution in [0.1, 0.15) is 53.9 Å².